The zero-order chi connectivity index (χ0) is 18.3. The molecule has 0 amide bonds. The number of aromatic nitrogens is 1. The van der Waals surface area contributed by atoms with Crippen LogP contribution in [0, 0.1) is 6.92 Å². The highest BCUT2D eigenvalue weighted by molar-refractivity contribution is 8.00. The monoisotopic (exact) mass is 359 g/mol. The molecule has 1 aromatic heterocycles. The Morgan fingerprint density at radius 1 is 1.32 bits per heavy atom. The lowest BCUT2D eigenvalue weighted by Gasteiger charge is -2.10. The number of nitrogens with zero attached hydrogens (tertiary/aromatic N) is 1. The topological polar surface area (TPSA) is 56.3 Å². The summed E-state index contributed by atoms with van der Waals surface area (Å²) in [7, 11) is -2.02. The van der Waals surface area contributed by atoms with Crippen molar-refractivity contribution in [3.8, 4) is 0 Å². The number of hydrogen-bond acceptors (Lipinski definition) is 4. The van der Waals surface area contributed by atoms with Gasteiger partial charge in [-0.05, 0) is 52.9 Å². The minimum absolute atomic E-state index is 0.263. The van der Waals surface area contributed by atoms with Crippen molar-refractivity contribution >= 4 is 21.4 Å². The number of pyridine rings is 1. The third-order valence-corrected chi connectivity index (χ3v) is 5.92. The van der Waals surface area contributed by atoms with Crippen molar-refractivity contribution in [3.63, 3.8) is 0 Å². The largest absolute Gasteiger partial charge is 0.458 e. The van der Waals surface area contributed by atoms with E-state index in [1.54, 1.807) is 18.3 Å². The van der Waals surface area contributed by atoms with Gasteiger partial charge in [-0.15, -0.1) is 0 Å². The molecule has 1 fully saturated rings. The van der Waals surface area contributed by atoms with Crippen LogP contribution in [0.15, 0.2) is 48.7 Å². The standard InChI is InChI=1S/C12H15NO3S.C8H10/c1-9-7-10(3-5-13-9)12(14)16-11-4-6-17(2,15)8-11;1-2-8-6-4-3-5-7-8/h3,5,7,11H,2,4,6,8H2,1H3;3-7H,2H2,1H3. The van der Waals surface area contributed by atoms with Gasteiger partial charge in [0.25, 0.3) is 0 Å². The summed E-state index contributed by atoms with van der Waals surface area (Å²) in [6.45, 7) is 3.98. The van der Waals surface area contributed by atoms with E-state index >= 15 is 0 Å². The van der Waals surface area contributed by atoms with Crippen LogP contribution in [0.25, 0.3) is 0 Å². The molecule has 4 nitrogen and oxygen atoms in total. The molecule has 0 N–H and O–H groups in total. The van der Waals surface area contributed by atoms with Crippen LogP contribution >= 0.6 is 0 Å². The maximum Gasteiger partial charge on any atom is 0.338 e. The van der Waals surface area contributed by atoms with Crippen molar-refractivity contribution in [1.29, 1.82) is 0 Å². The first-order valence-electron chi connectivity index (χ1n) is 8.40. The number of ether oxygens (including phenoxy) is 1. The lowest BCUT2D eigenvalue weighted by molar-refractivity contribution is 0.0356. The predicted molar refractivity (Wildman–Crippen MR) is 104 cm³/mol. The van der Waals surface area contributed by atoms with Gasteiger partial charge in [0, 0.05) is 17.6 Å². The molecule has 1 saturated heterocycles. The van der Waals surface area contributed by atoms with Gasteiger partial charge in [0.1, 0.15) is 6.10 Å². The van der Waals surface area contributed by atoms with Crippen molar-refractivity contribution in [3.05, 3.63) is 65.5 Å². The van der Waals surface area contributed by atoms with Gasteiger partial charge in [-0.2, -0.15) is 0 Å². The summed E-state index contributed by atoms with van der Waals surface area (Å²) in [5, 5.41) is 0. The number of esters is 1. The number of carbonyl (C=O) groups is 1. The SMILES string of the molecule is C=S1(=O)CCC(OC(=O)c2ccnc(C)c2)C1.CCc1ccccc1. The number of carbonyl (C=O) groups excluding carboxylic acids is 1. The first-order chi connectivity index (χ1) is 11.9. The number of hydrogen-bond donors (Lipinski definition) is 0. The average molecular weight is 359 g/mol. The summed E-state index contributed by atoms with van der Waals surface area (Å²) in [6, 6.07) is 13.8. The fourth-order valence-electron chi connectivity index (χ4n) is 2.55. The van der Waals surface area contributed by atoms with E-state index in [0.717, 1.165) is 12.1 Å². The molecular weight excluding hydrogens is 334 g/mol. The molecule has 2 aromatic rings. The summed E-state index contributed by atoms with van der Waals surface area (Å²) in [6.07, 6.45) is 3.09. The Bertz CT molecular complexity index is 801. The van der Waals surface area contributed by atoms with Crippen LogP contribution in [0.1, 0.15) is 35.0 Å². The molecule has 5 heteroatoms. The van der Waals surface area contributed by atoms with Gasteiger partial charge in [-0.25, -0.2) is 4.79 Å². The average Bonchev–Trinajstić information content (AvgIpc) is 2.94. The molecule has 0 aliphatic carbocycles. The molecule has 0 bridgehead atoms. The molecule has 3 rings (SSSR count). The smallest absolute Gasteiger partial charge is 0.338 e. The summed E-state index contributed by atoms with van der Waals surface area (Å²) in [5.74, 6) is 4.18. The molecule has 2 heterocycles. The summed E-state index contributed by atoms with van der Waals surface area (Å²) in [4.78, 5) is 15.8. The van der Waals surface area contributed by atoms with E-state index in [-0.39, 0.29) is 12.1 Å². The highest BCUT2D eigenvalue weighted by Gasteiger charge is 2.27. The van der Waals surface area contributed by atoms with Gasteiger partial charge >= 0.3 is 5.97 Å². The van der Waals surface area contributed by atoms with Crippen molar-refractivity contribution < 1.29 is 13.7 Å². The Hall–Kier alpha value is -2.14. The van der Waals surface area contributed by atoms with E-state index in [9.17, 15) is 9.00 Å². The Morgan fingerprint density at radius 2 is 2.04 bits per heavy atom. The van der Waals surface area contributed by atoms with E-state index in [1.165, 1.54) is 5.56 Å². The number of benzene rings is 1. The number of rotatable bonds is 3. The Morgan fingerprint density at radius 3 is 2.56 bits per heavy atom. The van der Waals surface area contributed by atoms with Crippen LogP contribution < -0.4 is 0 Å². The third-order valence-electron chi connectivity index (χ3n) is 3.96. The lowest BCUT2D eigenvalue weighted by Crippen LogP contribution is -2.19. The fraction of sp³-hybridized carbons (Fsp3) is 0.350. The van der Waals surface area contributed by atoms with Gasteiger partial charge in [0.15, 0.2) is 0 Å². The molecule has 0 radical (unpaired) electrons. The van der Waals surface area contributed by atoms with Gasteiger partial charge < -0.3 is 4.74 Å². The van der Waals surface area contributed by atoms with Crippen LogP contribution in [0.5, 0.6) is 0 Å². The van der Waals surface area contributed by atoms with Crippen molar-refractivity contribution in [2.24, 2.45) is 0 Å². The van der Waals surface area contributed by atoms with Crippen molar-refractivity contribution in [2.75, 3.05) is 11.5 Å². The van der Waals surface area contributed by atoms with Crippen LogP contribution in [0.3, 0.4) is 0 Å². The molecule has 134 valence electrons. The van der Waals surface area contributed by atoms with E-state index in [2.05, 4.69) is 42.0 Å². The first-order valence-corrected chi connectivity index (χ1v) is 10.5. The summed E-state index contributed by atoms with van der Waals surface area (Å²) < 4.78 is 17.0. The van der Waals surface area contributed by atoms with Gasteiger partial charge in [-0.3, -0.25) is 9.19 Å². The van der Waals surface area contributed by atoms with Crippen molar-refractivity contribution in [2.45, 2.75) is 32.8 Å². The molecule has 1 aliphatic heterocycles. The second kappa shape index (κ2) is 8.81. The normalized spacial score (nSPS) is 21.9. The summed E-state index contributed by atoms with van der Waals surface area (Å²) in [5.41, 5.74) is 2.67. The van der Waals surface area contributed by atoms with E-state index < -0.39 is 9.52 Å². The van der Waals surface area contributed by atoms with Gasteiger partial charge in [0.05, 0.1) is 11.3 Å². The van der Waals surface area contributed by atoms with Gasteiger partial charge in [-0.1, -0.05) is 37.3 Å². The predicted octanol–water partition coefficient (Wildman–Crippen LogP) is 3.28. The molecule has 0 saturated carbocycles. The lowest BCUT2D eigenvalue weighted by atomic mass is 10.2. The minimum atomic E-state index is -2.02. The Balaban J connectivity index is 0.000000236. The molecule has 1 aliphatic rings. The molecular formula is C20H25NO3S. The maximum absolute atomic E-state index is 11.8. The summed E-state index contributed by atoms with van der Waals surface area (Å²) >= 11 is 0. The van der Waals surface area contributed by atoms with Gasteiger partial charge in [0.2, 0.25) is 0 Å². The number of aryl methyl sites for hydroxylation is 2. The van der Waals surface area contributed by atoms with E-state index in [4.69, 9.17) is 4.74 Å². The molecule has 0 spiro atoms. The quantitative estimate of drug-likeness (QED) is 0.623. The Kier molecular flexibility index (Phi) is 6.76. The molecule has 1 aromatic carbocycles. The second-order valence-electron chi connectivity index (χ2n) is 6.18. The highest BCUT2D eigenvalue weighted by Crippen LogP contribution is 2.16. The second-order valence-corrected chi connectivity index (χ2v) is 8.85. The highest BCUT2D eigenvalue weighted by atomic mass is 32.2. The zero-order valence-electron chi connectivity index (χ0n) is 14.8. The first kappa shape index (κ1) is 19.2. The molecule has 25 heavy (non-hydrogen) atoms. The van der Waals surface area contributed by atoms with Crippen LogP contribution in [-0.4, -0.2) is 38.6 Å². The molecule has 2 unspecified atom stereocenters. The maximum atomic E-state index is 11.8. The van der Waals surface area contributed by atoms with Crippen molar-refractivity contribution in [1.82, 2.24) is 4.98 Å². The van der Waals surface area contributed by atoms with Crippen LogP contribution in [0.2, 0.25) is 0 Å². The minimum Gasteiger partial charge on any atom is -0.458 e. The van der Waals surface area contributed by atoms with Crippen LogP contribution in [0.4, 0.5) is 0 Å². The van der Waals surface area contributed by atoms with E-state index in [0.29, 0.717) is 23.5 Å². The fourth-order valence-corrected chi connectivity index (χ4v) is 4.32. The molecule has 2 atom stereocenters. The van der Waals surface area contributed by atoms with Crippen LogP contribution in [-0.2, 0) is 20.7 Å². The van der Waals surface area contributed by atoms with E-state index in [1.807, 2.05) is 13.0 Å². The third kappa shape index (κ3) is 6.35. The Labute approximate surface area is 150 Å². The zero-order valence-corrected chi connectivity index (χ0v) is 15.6.